The van der Waals surface area contributed by atoms with Crippen LogP contribution in [0.3, 0.4) is 0 Å². The second-order valence-electron chi connectivity index (χ2n) is 7.90. The Morgan fingerprint density at radius 2 is 1.93 bits per heavy atom. The lowest BCUT2D eigenvalue weighted by atomic mass is 9.80. The predicted octanol–water partition coefficient (Wildman–Crippen LogP) is 4.69. The van der Waals surface area contributed by atoms with E-state index in [9.17, 15) is 14.7 Å². The average Bonchev–Trinajstić information content (AvgIpc) is 2.58. The molecule has 1 aromatic rings. The first-order valence-electron chi connectivity index (χ1n) is 9.72. The summed E-state index contributed by atoms with van der Waals surface area (Å²) in [6.45, 7) is 9.66. The van der Waals surface area contributed by atoms with E-state index < -0.39 is 0 Å². The Kier molecular flexibility index (Phi) is 5.31. The molecule has 5 heteroatoms. The number of carbonyl (C=O) groups excluding carboxylic acids is 2. The van der Waals surface area contributed by atoms with Crippen LogP contribution in [-0.4, -0.2) is 23.0 Å². The summed E-state index contributed by atoms with van der Waals surface area (Å²) in [6.07, 6.45) is 4.02. The zero-order valence-corrected chi connectivity index (χ0v) is 16.7. The molecule has 0 saturated heterocycles. The SMILES string of the molecule is CCCC1CC(=O)Oc2c(CC=C(C)C)c(O)c3c(c21)O[C@H](C)[C@@H](C)C3=O. The molecular formula is C22H28O5. The van der Waals surface area contributed by atoms with Crippen molar-refractivity contribution in [1.82, 2.24) is 0 Å². The Balaban J connectivity index is 2.31. The first-order chi connectivity index (χ1) is 12.8. The second kappa shape index (κ2) is 7.37. The number of phenolic OH excluding ortho intramolecular Hbond substituents is 1. The van der Waals surface area contributed by atoms with E-state index >= 15 is 0 Å². The lowest BCUT2D eigenvalue weighted by Crippen LogP contribution is -2.35. The average molecular weight is 372 g/mol. The van der Waals surface area contributed by atoms with Crippen molar-refractivity contribution in [2.75, 3.05) is 0 Å². The van der Waals surface area contributed by atoms with Gasteiger partial charge in [-0.3, -0.25) is 9.59 Å². The number of hydrogen-bond donors (Lipinski definition) is 1. The van der Waals surface area contributed by atoms with Crippen LogP contribution in [0.2, 0.25) is 0 Å². The van der Waals surface area contributed by atoms with E-state index in [4.69, 9.17) is 9.47 Å². The third-order valence-corrected chi connectivity index (χ3v) is 5.57. The van der Waals surface area contributed by atoms with Crippen LogP contribution in [0.1, 0.15) is 81.3 Å². The maximum absolute atomic E-state index is 13.0. The highest BCUT2D eigenvalue weighted by Crippen LogP contribution is 2.53. The van der Waals surface area contributed by atoms with E-state index in [1.54, 1.807) is 0 Å². The number of allylic oxidation sites excluding steroid dienone is 2. The second-order valence-corrected chi connectivity index (χ2v) is 7.90. The highest BCUT2D eigenvalue weighted by molar-refractivity contribution is 6.05. The quantitative estimate of drug-likeness (QED) is 0.471. The van der Waals surface area contributed by atoms with E-state index in [-0.39, 0.29) is 47.4 Å². The third-order valence-electron chi connectivity index (χ3n) is 5.57. The van der Waals surface area contributed by atoms with Gasteiger partial charge in [0, 0.05) is 17.0 Å². The number of benzene rings is 1. The molecule has 2 heterocycles. The van der Waals surface area contributed by atoms with Crippen molar-refractivity contribution in [2.24, 2.45) is 5.92 Å². The molecule has 146 valence electrons. The molecule has 0 bridgehead atoms. The van der Waals surface area contributed by atoms with Crippen molar-refractivity contribution >= 4 is 11.8 Å². The van der Waals surface area contributed by atoms with Gasteiger partial charge in [0.2, 0.25) is 0 Å². The number of phenols is 1. The van der Waals surface area contributed by atoms with Crippen LogP contribution in [0.15, 0.2) is 11.6 Å². The van der Waals surface area contributed by atoms with Gasteiger partial charge in [0.15, 0.2) is 5.78 Å². The lowest BCUT2D eigenvalue weighted by Gasteiger charge is -2.35. The highest BCUT2D eigenvalue weighted by Gasteiger charge is 2.42. The van der Waals surface area contributed by atoms with Gasteiger partial charge >= 0.3 is 5.97 Å². The number of fused-ring (bicyclic) bond motifs is 3. The summed E-state index contributed by atoms with van der Waals surface area (Å²) in [7, 11) is 0. The minimum absolute atomic E-state index is 0.0699. The topological polar surface area (TPSA) is 72.8 Å². The van der Waals surface area contributed by atoms with Crippen LogP contribution in [0.25, 0.3) is 0 Å². The number of ketones is 1. The summed E-state index contributed by atoms with van der Waals surface area (Å²) in [4.78, 5) is 25.2. The van der Waals surface area contributed by atoms with Gasteiger partial charge in [-0.2, -0.15) is 0 Å². The summed E-state index contributed by atoms with van der Waals surface area (Å²) >= 11 is 0. The standard InChI is InChI=1S/C22H28O5/c1-6-7-14-10-16(23)27-21-15(9-8-11(2)3)20(25)18-19(24)12(4)13(5)26-22(18)17(14)21/h8,12-14,25H,6-7,9-10H2,1-5H3/t12-,13-,14?/m1/s1. The Hall–Kier alpha value is -2.30. The molecule has 0 amide bonds. The van der Waals surface area contributed by atoms with Crippen LogP contribution in [0.5, 0.6) is 17.2 Å². The van der Waals surface area contributed by atoms with Gasteiger partial charge in [-0.05, 0) is 33.6 Å². The van der Waals surface area contributed by atoms with Gasteiger partial charge in [0.05, 0.1) is 12.3 Å². The molecule has 1 aromatic carbocycles. The smallest absolute Gasteiger partial charge is 0.311 e. The number of Topliss-reactive ketones (excluding diaryl/α,β-unsaturated/α-hetero) is 1. The van der Waals surface area contributed by atoms with Gasteiger partial charge in [0.25, 0.3) is 0 Å². The molecule has 1 unspecified atom stereocenters. The van der Waals surface area contributed by atoms with Crippen molar-refractivity contribution in [3.8, 4) is 17.2 Å². The fraction of sp³-hybridized carbons (Fsp3) is 0.545. The Morgan fingerprint density at radius 3 is 2.56 bits per heavy atom. The largest absolute Gasteiger partial charge is 0.507 e. The number of rotatable bonds is 4. The molecular weight excluding hydrogens is 344 g/mol. The summed E-state index contributed by atoms with van der Waals surface area (Å²) in [5.74, 6) is -0.155. The fourth-order valence-electron chi connectivity index (χ4n) is 3.88. The van der Waals surface area contributed by atoms with Crippen molar-refractivity contribution in [3.05, 3.63) is 28.3 Å². The summed E-state index contributed by atoms with van der Waals surface area (Å²) in [5, 5.41) is 11.0. The predicted molar refractivity (Wildman–Crippen MR) is 103 cm³/mol. The Bertz CT molecular complexity index is 817. The minimum atomic E-state index is -0.339. The molecule has 27 heavy (non-hydrogen) atoms. The molecule has 2 aliphatic heterocycles. The minimum Gasteiger partial charge on any atom is -0.507 e. The molecule has 0 fully saturated rings. The Labute approximate surface area is 160 Å². The van der Waals surface area contributed by atoms with Crippen molar-refractivity contribution in [3.63, 3.8) is 0 Å². The number of aromatic hydroxyl groups is 1. The lowest BCUT2D eigenvalue weighted by molar-refractivity contribution is -0.136. The molecule has 0 saturated carbocycles. The van der Waals surface area contributed by atoms with E-state index in [0.717, 1.165) is 24.0 Å². The number of carbonyl (C=O) groups is 2. The molecule has 5 nitrogen and oxygen atoms in total. The van der Waals surface area contributed by atoms with Crippen molar-refractivity contribution < 1.29 is 24.2 Å². The number of hydrogen-bond acceptors (Lipinski definition) is 5. The van der Waals surface area contributed by atoms with E-state index in [0.29, 0.717) is 23.5 Å². The van der Waals surface area contributed by atoms with Crippen LogP contribution >= 0.6 is 0 Å². The van der Waals surface area contributed by atoms with Crippen LogP contribution < -0.4 is 9.47 Å². The zero-order valence-electron chi connectivity index (χ0n) is 16.7. The van der Waals surface area contributed by atoms with E-state index in [1.807, 2.05) is 33.8 Å². The number of esters is 1. The summed E-state index contributed by atoms with van der Waals surface area (Å²) in [6, 6.07) is 0. The molecule has 0 aromatic heterocycles. The fourth-order valence-corrected chi connectivity index (χ4v) is 3.88. The first kappa shape index (κ1) is 19.5. The van der Waals surface area contributed by atoms with Gasteiger partial charge in [0.1, 0.15) is 28.9 Å². The molecule has 2 aliphatic rings. The van der Waals surface area contributed by atoms with Gasteiger partial charge in [-0.1, -0.05) is 31.9 Å². The number of ether oxygens (including phenoxy) is 2. The zero-order chi connectivity index (χ0) is 19.9. The van der Waals surface area contributed by atoms with Crippen LogP contribution in [0.4, 0.5) is 0 Å². The Morgan fingerprint density at radius 1 is 1.22 bits per heavy atom. The summed E-state index contributed by atoms with van der Waals surface area (Å²) < 4.78 is 11.7. The third kappa shape index (κ3) is 3.35. The normalized spacial score (nSPS) is 23.8. The van der Waals surface area contributed by atoms with Gasteiger partial charge in [-0.15, -0.1) is 0 Å². The van der Waals surface area contributed by atoms with E-state index in [1.165, 1.54) is 0 Å². The monoisotopic (exact) mass is 372 g/mol. The molecule has 3 rings (SSSR count). The van der Waals surface area contributed by atoms with E-state index in [2.05, 4.69) is 6.92 Å². The van der Waals surface area contributed by atoms with Gasteiger partial charge < -0.3 is 14.6 Å². The van der Waals surface area contributed by atoms with Gasteiger partial charge in [-0.25, -0.2) is 0 Å². The maximum Gasteiger partial charge on any atom is 0.311 e. The molecule has 0 spiro atoms. The molecule has 3 atom stereocenters. The molecule has 0 radical (unpaired) electrons. The van der Waals surface area contributed by atoms with Crippen LogP contribution in [-0.2, 0) is 11.2 Å². The maximum atomic E-state index is 13.0. The van der Waals surface area contributed by atoms with Crippen LogP contribution in [0, 0.1) is 5.92 Å². The summed E-state index contributed by atoms with van der Waals surface area (Å²) in [5.41, 5.74) is 2.60. The molecule has 0 aliphatic carbocycles. The van der Waals surface area contributed by atoms with Crippen molar-refractivity contribution in [1.29, 1.82) is 0 Å². The highest BCUT2D eigenvalue weighted by atomic mass is 16.5. The first-order valence-corrected chi connectivity index (χ1v) is 9.72. The molecule has 1 N–H and O–H groups in total. The van der Waals surface area contributed by atoms with Crippen molar-refractivity contribution in [2.45, 2.75) is 72.3 Å².